The van der Waals surface area contributed by atoms with E-state index in [0.29, 0.717) is 37.1 Å². The Bertz CT molecular complexity index is 1350. The summed E-state index contributed by atoms with van der Waals surface area (Å²) in [6.07, 6.45) is 4.70. The molecule has 2 amide bonds. The number of nitrogens with one attached hydrogen (secondary N) is 2. The average molecular weight is 511 g/mol. The van der Waals surface area contributed by atoms with Gasteiger partial charge in [-0.3, -0.25) is 9.59 Å². The summed E-state index contributed by atoms with van der Waals surface area (Å²) < 4.78 is 26.1. The quantitative estimate of drug-likeness (QED) is 0.404. The molecule has 36 heavy (non-hydrogen) atoms. The predicted octanol–water partition coefficient (Wildman–Crippen LogP) is 3.88. The Morgan fingerprint density at radius 2 is 1.78 bits per heavy atom. The number of fused-ring (bicyclic) bond motifs is 1. The second-order valence-electron chi connectivity index (χ2n) is 9.35. The van der Waals surface area contributed by atoms with Crippen LogP contribution >= 0.6 is 0 Å². The lowest BCUT2D eigenvalue weighted by Crippen LogP contribution is -2.38. The Morgan fingerprint density at radius 1 is 1.08 bits per heavy atom. The van der Waals surface area contributed by atoms with Crippen LogP contribution in [0.1, 0.15) is 66.9 Å². The lowest BCUT2D eigenvalue weighted by atomic mass is 9.88. The fraction of sp³-hybridized carbons (Fsp3) is 0.407. The third-order valence-electron chi connectivity index (χ3n) is 6.99. The Hall–Kier alpha value is -3.17. The molecule has 0 spiro atoms. The molecule has 3 aromatic rings. The third-order valence-corrected chi connectivity index (χ3v) is 8.87. The van der Waals surface area contributed by atoms with E-state index in [2.05, 4.69) is 16.4 Å². The van der Waals surface area contributed by atoms with E-state index in [9.17, 15) is 18.0 Å². The second-order valence-corrected chi connectivity index (χ2v) is 11.6. The molecular formula is C27H34N4O4S. The van der Waals surface area contributed by atoms with E-state index in [1.165, 1.54) is 0 Å². The standard InChI is InChI=1S/C27H34N4O4S/c1-3-5-25(32)29-16-18-6-8-19(9-7-18)21-14-22-24(17-30-26(22)23(15-21)27(28)33)20-10-12-31(13-11-20)36(34,35)4-2/h6-9,14-15,17,20,30H,3-5,10-13,16H2,1-2H3,(H2,28,33)(H,29,32). The summed E-state index contributed by atoms with van der Waals surface area (Å²) >= 11 is 0. The number of sulfonamides is 1. The van der Waals surface area contributed by atoms with Gasteiger partial charge in [0.25, 0.3) is 5.91 Å². The van der Waals surface area contributed by atoms with Gasteiger partial charge in [-0.05, 0) is 66.5 Å². The minimum Gasteiger partial charge on any atom is -0.366 e. The lowest BCUT2D eigenvalue weighted by molar-refractivity contribution is -0.121. The molecule has 0 bridgehead atoms. The predicted molar refractivity (Wildman–Crippen MR) is 142 cm³/mol. The molecule has 4 N–H and O–H groups in total. The van der Waals surface area contributed by atoms with Gasteiger partial charge in [-0.2, -0.15) is 0 Å². The highest BCUT2D eigenvalue weighted by Gasteiger charge is 2.29. The van der Waals surface area contributed by atoms with Gasteiger partial charge in [0.1, 0.15) is 0 Å². The second kappa shape index (κ2) is 10.8. The SMILES string of the molecule is CCCC(=O)NCc1ccc(-c2cc(C(N)=O)c3[nH]cc(C4CCN(S(=O)(=O)CC)CC4)c3c2)cc1. The van der Waals surface area contributed by atoms with Gasteiger partial charge in [-0.25, -0.2) is 12.7 Å². The topological polar surface area (TPSA) is 125 Å². The van der Waals surface area contributed by atoms with Gasteiger partial charge >= 0.3 is 0 Å². The zero-order valence-corrected chi connectivity index (χ0v) is 21.7. The van der Waals surface area contributed by atoms with Crippen LogP contribution in [0.2, 0.25) is 0 Å². The summed E-state index contributed by atoms with van der Waals surface area (Å²) in [5.41, 5.74) is 10.8. The van der Waals surface area contributed by atoms with Crippen LogP contribution in [0.15, 0.2) is 42.6 Å². The molecule has 0 saturated carbocycles. The van der Waals surface area contributed by atoms with Crippen molar-refractivity contribution in [1.82, 2.24) is 14.6 Å². The summed E-state index contributed by atoms with van der Waals surface area (Å²) in [6.45, 7) is 5.10. The minimum atomic E-state index is -3.19. The van der Waals surface area contributed by atoms with Crippen molar-refractivity contribution in [3.05, 3.63) is 59.3 Å². The molecular weight excluding hydrogens is 476 g/mol. The Morgan fingerprint density at radius 3 is 2.39 bits per heavy atom. The largest absolute Gasteiger partial charge is 0.366 e. The number of piperidine rings is 1. The van der Waals surface area contributed by atoms with Gasteiger partial charge < -0.3 is 16.0 Å². The smallest absolute Gasteiger partial charge is 0.250 e. The number of nitrogens with zero attached hydrogens (tertiary/aromatic N) is 1. The summed E-state index contributed by atoms with van der Waals surface area (Å²) in [7, 11) is -3.19. The normalized spacial score (nSPS) is 15.3. The van der Waals surface area contributed by atoms with Crippen molar-refractivity contribution < 1.29 is 18.0 Å². The van der Waals surface area contributed by atoms with Gasteiger partial charge in [0, 0.05) is 37.6 Å². The molecule has 192 valence electrons. The fourth-order valence-electron chi connectivity index (χ4n) is 4.91. The molecule has 0 radical (unpaired) electrons. The number of nitrogens with two attached hydrogens (primary N) is 1. The third kappa shape index (κ3) is 5.47. The first-order valence-corrected chi connectivity index (χ1v) is 14.1. The monoisotopic (exact) mass is 510 g/mol. The number of carbonyl (C=O) groups is 2. The maximum Gasteiger partial charge on any atom is 0.250 e. The number of H-pyrrole nitrogens is 1. The van der Waals surface area contributed by atoms with Crippen LogP contribution < -0.4 is 11.1 Å². The summed E-state index contributed by atoms with van der Waals surface area (Å²) in [6, 6.07) is 11.8. The van der Waals surface area contributed by atoms with Crippen LogP contribution in [-0.2, 0) is 21.4 Å². The van der Waals surface area contributed by atoms with Gasteiger partial charge in [0.2, 0.25) is 15.9 Å². The van der Waals surface area contributed by atoms with Gasteiger partial charge in [-0.15, -0.1) is 0 Å². The fourth-order valence-corrected chi connectivity index (χ4v) is 6.04. The van der Waals surface area contributed by atoms with Crippen LogP contribution in [-0.4, -0.2) is 48.4 Å². The minimum absolute atomic E-state index is 0.0382. The van der Waals surface area contributed by atoms with E-state index in [-0.39, 0.29) is 17.6 Å². The molecule has 8 nitrogen and oxygen atoms in total. The summed E-state index contributed by atoms with van der Waals surface area (Å²) in [4.78, 5) is 27.3. The van der Waals surface area contributed by atoms with Crippen molar-refractivity contribution in [3.63, 3.8) is 0 Å². The van der Waals surface area contributed by atoms with Crippen LogP contribution in [0.3, 0.4) is 0 Å². The first-order valence-electron chi connectivity index (χ1n) is 12.5. The molecule has 1 fully saturated rings. The maximum absolute atomic E-state index is 12.3. The molecule has 1 aliphatic rings. The van der Waals surface area contributed by atoms with E-state index in [4.69, 9.17) is 5.73 Å². The summed E-state index contributed by atoms with van der Waals surface area (Å²) in [5, 5.41) is 3.86. The van der Waals surface area contributed by atoms with E-state index in [0.717, 1.165) is 46.9 Å². The number of aromatic amines is 1. The Kier molecular flexibility index (Phi) is 7.80. The van der Waals surface area contributed by atoms with E-state index in [1.54, 1.807) is 17.3 Å². The molecule has 1 saturated heterocycles. The molecule has 0 unspecified atom stereocenters. The number of benzene rings is 2. The van der Waals surface area contributed by atoms with Crippen molar-refractivity contribution in [1.29, 1.82) is 0 Å². The molecule has 1 aliphatic heterocycles. The number of aromatic nitrogens is 1. The van der Waals surface area contributed by atoms with Gasteiger partial charge in [0.05, 0.1) is 16.8 Å². The molecule has 1 aromatic heterocycles. The number of rotatable bonds is 9. The number of carbonyl (C=O) groups excluding carboxylic acids is 2. The average Bonchev–Trinajstić information content (AvgIpc) is 3.31. The van der Waals surface area contributed by atoms with Crippen molar-refractivity contribution in [2.45, 2.75) is 52.0 Å². The van der Waals surface area contributed by atoms with Crippen molar-refractivity contribution in [3.8, 4) is 11.1 Å². The number of amides is 2. The van der Waals surface area contributed by atoms with E-state index in [1.807, 2.05) is 37.4 Å². The number of hydrogen-bond donors (Lipinski definition) is 3. The molecule has 2 aromatic carbocycles. The first kappa shape index (κ1) is 25.9. The lowest BCUT2D eigenvalue weighted by Gasteiger charge is -2.31. The zero-order valence-electron chi connectivity index (χ0n) is 20.8. The molecule has 0 atom stereocenters. The molecule has 2 heterocycles. The Balaban J connectivity index is 1.61. The number of primary amides is 1. The highest BCUT2D eigenvalue weighted by molar-refractivity contribution is 7.89. The van der Waals surface area contributed by atoms with Crippen LogP contribution in [0.5, 0.6) is 0 Å². The number of hydrogen-bond acceptors (Lipinski definition) is 4. The molecule has 0 aliphatic carbocycles. The van der Waals surface area contributed by atoms with Crippen molar-refractivity contribution in [2.24, 2.45) is 5.73 Å². The Labute approximate surface area is 212 Å². The van der Waals surface area contributed by atoms with E-state index >= 15 is 0 Å². The zero-order chi connectivity index (χ0) is 25.9. The van der Waals surface area contributed by atoms with Crippen LogP contribution in [0, 0.1) is 0 Å². The van der Waals surface area contributed by atoms with E-state index < -0.39 is 15.9 Å². The highest BCUT2D eigenvalue weighted by atomic mass is 32.2. The maximum atomic E-state index is 12.3. The van der Waals surface area contributed by atoms with Crippen LogP contribution in [0.25, 0.3) is 22.0 Å². The summed E-state index contributed by atoms with van der Waals surface area (Å²) in [5.74, 6) is -0.169. The first-order chi connectivity index (χ1) is 17.2. The molecule has 4 rings (SSSR count). The highest BCUT2D eigenvalue weighted by Crippen LogP contribution is 2.37. The van der Waals surface area contributed by atoms with Gasteiger partial charge in [0.15, 0.2) is 0 Å². The van der Waals surface area contributed by atoms with Gasteiger partial charge in [-0.1, -0.05) is 31.2 Å². The van der Waals surface area contributed by atoms with Crippen molar-refractivity contribution >= 4 is 32.7 Å². The van der Waals surface area contributed by atoms with Crippen molar-refractivity contribution in [2.75, 3.05) is 18.8 Å². The molecule has 9 heteroatoms. The van der Waals surface area contributed by atoms with Crippen LogP contribution in [0.4, 0.5) is 0 Å².